The van der Waals surface area contributed by atoms with Gasteiger partial charge in [-0.05, 0) is 11.6 Å². The minimum Gasteiger partial charge on any atom is -0.481 e. The van der Waals surface area contributed by atoms with Crippen molar-refractivity contribution in [3.05, 3.63) is 35.8 Å². The van der Waals surface area contributed by atoms with Crippen LogP contribution >= 0.6 is 0 Å². The molecule has 1 atom stereocenters. The van der Waals surface area contributed by atoms with Gasteiger partial charge in [0.25, 0.3) is 0 Å². The molecule has 84 valence electrons. The van der Waals surface area contributed by atoms with E-state index in [-0.39, 0.29) is 12.2 Å². The highest BCUT2D eigenvalue weighted by Crippen LogP contribution is 2.26. The number of nitrogens with one attached hydrogen (secondary N) is 1. The monoisotopic (exact) mass is 222 g/mol. The van der Waals surface area contributed by atoms with Gasteiger partial charge in [0.2, 0.25) is 0 Å². The predicted octanol–water partition coefficient (Wildman–Crippen LogP) is 1.78. The second-order valence-corrected chi connectivity index (χ2v) is 3.61. The minimum atomic E-state index is -0.974. The molecule has 0 bridgehead atoms. The van der Waals surface area contributed by atoms with Crippen LogP contribution in [0.4, 0.5) is 4.39 Å². The van der Waals surface area contributed by atoms with Crippen molar-refractivity contribution in [2.75, 3.05) is 0 Å². The summed E-state index contributed by atoms with van der Waals surface area (Å²) in [5, 5.41) is 9.28. The minimum absolute atomic E-state index is 0.177. The number of benzene rings is 1. The van der Waals surface area contributed by atoms with E-state index in [2.05, 4.69) is 4.98 Å². The van der Waals surface area contributed by atoms with Crippen LogP contribution in [-0.2, 0) is 4.79 Å². The van der Waals surface area contributed by atoms with E-state index in [4.69, 9.17) is 10.8 Å². The largest absolute Gasteiger partial charge is 0.481 e. The van der Waals surface area contributed by atoms with Gasteiger partial charge in [-0.25, -0.2) is 4.39 Å². The number of aliphatic carboxylic acids is 1. The van der Waals surface area contributed by atoms with Crippen molar-refractivity contribution in [2.24, 2.45) is 5.73 Å². The summed E-state index contributed by atoms with van der Waals surface area (Å²) in [6.07, 6.45) is 1.38. The molecular formula is C11H11FN2O2. The van der Waals surface area contributed by atoms with Crippen LogP contribution in [0.15, 0.2) is 24.4 Å². The molecule has 2 rings (SSSR count). The summed E-state index contributed by atoms with van der Waals surface area (Å²) in [6, 6.07) is 3.99. The van der Waals surface area contributed by atoms with Crippen molar-refractivity contribution >= 4 is 16.9 Å². The Kier molecular flexibility index (Phi) is 2.62. The molecule has 0 saturated carbocycles. The summed E-state index contributed by atoms with van der Waals surface area (Å²) < 4.78 is 13.3. The zero-order chi connectivity index (χ0) is 11.7. The first kappa shape index (κ1) is 10.6. The number of carbonyl (C=O) groups is 1. The van der Waals surface area contributed by atoms with Gasteiger partial charge in [0, 0.05) is 17.6 Å². The Labute approximate surface area is 90.9 Å². The summed E-state index contributed by atoms with van der Waals surface area (Å²) in [6.45, 7) is 0. The number of nitrogens with two attached hydrogens (primary N) is 1. The number of halogens is 1. The van der Waals surface area contributed by atoms with Crippen LogP contribution in [0.3, 0.4) is 0 Å². The first-order valence-corrected chi connectivity index (χ1v) is 4.82. The number of carboxylic acid groups (broad SMARTS) is 1. The number of rotatable bonds is 3. The SMILES string of the molecule is N[C@@H](CC(=O)O)c1c[nH]c2c(F)cccc12. The van der Waals surface area contributed by atoms with Crippen LogP contribution in [0.1, 0.15) is 18.0 Å². The molecule has 0 radical (unpaired) electrons. The molecule has 4 N–H and O–H groups in total. The third-order valence-corrected chi connectivity index (χ3v) is 2.49. The molecule has 0 spiro atoms. The van der Waals surface area contributed by atoms with Crippen LogP contribution in [0.5, 0.6) is 0 Å². The first-order chi connectivity index (χ1) is 7.59. The van der Waals surface area contributed by atoms with Crippen molar-refractivity contribution in [3.63, 3.8) is 0 Å². The third kappa shape index (κ3) is 1.77. The smallest absolute Gasteiger partial charge is 0.305 e. The molecule has 1 aromatic carbocycles. The number of H-pyrrole nitrogens is 1. The highest BCUT2D eigenvalue weighted by atomic mass is 19.1. The van der Waals surface area contributed by atoms with E-state index in [0.29, 0.717) is 16.5 Å². The maximum Gasteiger partial charge on any atom is 0.305 e. The lowest BCUT2D eigenvalue weighted by molar-refractivity contribution is -0.137. The number of para-hydroxylation sites is 1. The molecular weight excluding hydrogens is 211 g/mol. The first-order valence-electron chi connectivity index (χ1n) is 4.82. The molecule has 1 aromatic heterocycles. The van der Waals surface area contributed by atoms with Crippen molar-refractivity contribution in [2.45, 2.75) is 12.5 Å². The molecule has 0 aliphatic heterocycles. The summed E-state index contributed by atoms with van der Waals surface area (Å²) in [5.74, 6) is -1.34. The Morgan fingerprint density at radius 3 is 3.00 bits per heavy atom. The Balaban J connectivity index is 2.46. The normalized spacial score (nSPS) is 12.9. The molecule has 0 amide bonds. The van der Waals surface area contributed by atoms with Gasteiger partial charge in [0.1, 0.15) is 5.82 Å². The number of hydrogen-bond acceptors (Lipinski definition) is 2. The van der Waals surface area contributed by atoms with E-state index in [1.165, 1.54) is 6.07 Å². The van der Waals surface area contributed by atoms with Crippen LogP contribution in [-0.4, -0.2) is 16.1 Å². The zero-order valence-electron chi connectivity index (χ0n) is 8.40. The lowest BCUT2D eigenvalue weighted by atomic mass is 10.0. The molecule has 1 heterocycles. The number of hydrogen-bond donors (Lipinski definition) is 3. The number of aromatic amines is 1. The predicted molar refractivity (Wildman–Crippen MR) is 57.4 cm³/mol. The number of carboxylic acids is 1. The van der Waals surface area contributed by atoms with Gasteiger partial charge >= 0.3 is 5.97 Å². The van der Waals surface area contributed by atoms with Gasteiger partial charge in [-0.1, -0.05) is 12.1 Å². The van der Waals surface area contributed by atoms with Crippen molar-refractivity contribution in [1.82, 2.24) is 4.98 Å². The molecule has 0 saturated heterocycles. The molecule has 5 heteroatoms. The molecule has 4 nitrogen and oxygen atoms in total. The van der Waals surface area contributed by atoms with Gasteiger partial charge in [-0.3, -0.25) is 4.79 Å². The van der Waals surface area contributed by atoms with Gasteiger partial charge in [-0.2, -0.15) is 0 Å². The second kappa shape index (κ2) is 3.94. The lowest BCUT2D eigenvalue weighted by Crippen LogP contribution is -2.14. The summed E-state index contributed by atoms with van der Waals surface area (Å²) in [7, 11) is 0. The average Bonchev–Trinajstić information content (AvgIpc) is 2.61. The topological polar surface area (TPSA) is 79.1 Å². The maximum absolute atomic E-state index is 13.3. The van der Waals surface area contributed by atoms with Crippen molar-refractivity contribution in [3.8, 4) is 0 Å². The Hall–Kier alpha value is -1.88. The van der Waals surface area contributed by atoms with Crippen LogP contribution in [0.25, 0.3) is 10.9 Å². The number of fused-ring (bicyclic) bond motifs is 1. The number of aromatic nitrogens is 1. The molecule has 0 aliphatic carbocycles. The fraction of sp³-hybridized carbons (Fsp3) is 0.182. The maximum atomic E-state index is 13.3. The summed E-state index contributed by atoms with van der Waals surface area (Å²) in [5.41, 5.74) is 6.71. The second-order valence-electron chi connectivity index (χ2n) is 3.61. The lowest BCUT2D eigenvalue weighted by Gasteiger charge is -2.07. The third-order valence-electron chi connectivity index (χ3n) is 2.49. The molecule has 2 aromatic rings. The van der Waals surface area contributed by atoms with E-state index in [9.17, 15) is 9.18 Å². The van der Waals surface area contributed by atoms with Crippen LogP contribution in [0.2, 0.25) is 0 Å². The van der Waals surface area contributed by atoms with E-state index in [1.54, 1.807) is 18.3 Å². The van der Waals surface area contributed by atoms with Crippen LogP contribution in [0, 0.1) is 5.82 Å². The fourth-order valence-electron chi connectivity index (χ4n) is 1.74. The quantitative estimate of drug-likeness (QED) is 0.740. The Bertz CT molecular complexity index is 536. The molecule has 0 aliphatic rings. The van der Waals surface area contributed by atoms with E-state index in [1.807, 2.05) is 0 Å². The van der Waals surface area contributed by atoms with Crippen LogP contribution < -0.4 is 5.73 Å². The summed E-state index contributed by atoms with van der Waals surface area (Å²) >= 11 is 0. The van der Waals surface area contributed by atoms with E-state index in [0.717, 1.165) is 0 Å². The highest BCUT2D eigenvalue weighted by molar-refractivity contribution is 5.84. The van der Waals surface area contributed by atoms with E-state index < -0.39 is 12.0 Å². The van der Waals surface area contributed by atoms with E-state index >= 15 is 0 Å². The molecule has 0 fully saturated rings. The standard InChI is InChI=1S/C11H11FN2O2/c12-8-3-1-2-6-7(5-14-11(6)8)9(13)4-10(15)16/h1-3,5,9,14H,4,13H2,(H,15,16)/t9-/m0/s1. The molecule has 0 unspecified atom stereocenters. The zero-order valence-corrected chi connectivity index (χ0v) is 8.40. The molecule has 16 heavy (non-hydrogen) atoms. The van der Waals surface area contributed by atoms with Gasteiger partial charge in [0.15, 0.2) is 0 Å². The fourth-order valence-corrected chi connectivity index (χ4v) is 1.74. The van der Waals surface area contributed by atoms with Crippen molar-refractivity contribution < 1.29 is 14.3 Å². The highest BCUT2D eigenvalue weighted by Gasteiger charge is 2.15. The Morgan fingerprint density at radius 2 is 2.31 bits per heavy atom. The average molecular weight is 222 g/mol. The van der Waals surface area contributed by atoms with Gasteiger partial charge < -0.3 is 15.8 Å². The van der Waals surface area contributed by atoms with Crippen molar-refractivity contribution in [1.29, 1.82) is 0 Å². The summed E-state index contributed by atoms with van der Waals surface area (Å²) in [4.78, 5) is 13.3. The van der Waals surface area contributed by atoms with Gasteiger partial charge in [-0.15, -0.1) is 0 Å². The van der Waals surface area contributed by atoms with Gasteiger partial charge in [0.05, 0.1) is 11.9 Å². The Morgan fingerprint density at radius 1 is 1.56 bits per heavy atom.